The van der Waals surface area contributed by atoms with E-state index in [-0.39, 0.29) is 27.7 Å². The summed E-state index contributed by atoms with van der Waals surface area (Å²) in [5, 5.41) is 10.9. The van der Waals surface area contributed by atoms with Gasteiger partial charge >= 0.3 is 0 Å². The molecular formula is C21H19N3O5S. The number of nitrogens with zero attached hydrogens (tertiary/aromatic N) is 2. The van der Waals surface area contributed by atoms with E-state index in [0.29, 0.717) is 6.54 Å². The molecule has 0 aliphatic heterocycles. The normalized spacial score (nSPS) is 11.0. The molecule has 0 atom stereocenters. The lowest BCUT2D eigenvalue weighted by molar-refractivity contribution is -0.385. The molecule has 30 heavy (non-hydrogen) atoms. The number of non-ortho nitro benzene ring substituents is 1. The number of hydrogen-bond donors (Lipinski definition) is 1. The number of carbonyl (C=O) groups excluding carboxylic acids is 1. The Morgan fingerprint density at radius 1 is 1.00 bits per heavy atom. The van der Waals surface area contributed by atoms with Crippen LogP contribution in [-0.2, 0) is 16.6 Å². The molecule has 0 aromatic heterocycles. The summed E-state index contributed by atoms with van der Waals surface area (Å²) in [7, 11) is -2.51. The Balaban J connectivity index is 1.87. The van der Waals surface area contributed by atoms with E-state index in [1.165, 1.54) is 35.2 Å². The Bertz CT molecular complexity index is 1180. The van der Waals surface area contributed by atoms with E-state index in [1.807, 2.05) is 30.3 Å². The van der Waals surface area contributed by atoms with Crippen LogP contribution in [0.25, 0.3) is 0 Å². The standard InChI is InChI=1S/C21H19N3O5S/c1-23(15-16-8-3-2-4-9-16)21(25)19-12-5-6-13-20(19)22-30(28,29)18-11-7-10-17(14-18)24(26)27/h2-14,22H,15H2,1H3. The zero-order chi connectivity index (χ0) is 21.7. The molecule has 0 unspecified atom stereocenters. The van der Waals surface area contributed by atoms with Crippen molar-refractivity contribution in [2.45, 2.75) is 11.4 Å². The zero-order valence-electron chi connectivity index (χ0n) is 16.1. The van der Waals surface area contributed by atoms with Gasteiger partial charge in [-0.25, -0.2) is 8.42 Å². The van der Waals surface area contributed by atoms with E-state index >= 15 is 0 Å². The summed E-state index contributed by atoms with van der Waals surface area (Å²) in [6, 6.07) is 20.3. The number of anilines is 1. The molecule has 0 heterocycles. The van der Waals surface area contributed by atoms with Crippen LogP contribution in [0.2, 0.25) is 0 Å². The summed E-state index contributed by atoms with van der Waals surface area (Å²) in [6.45, 7) is 0.353. The van der Waals surface area contributed by atoms with E-state index in [2.05, 4.69) is 4.72 Å². The van der Waals surface area contributed by atoms with Gasteiger partial charge in [0.25, 0.3) is 21.6 Å². The first-order valence-electron chi connectivity index (χ1n) is 8.93. The van der Waals surface area contributed by atoms with Gasteiger partial charge in [0.05, 0.1) is 21.1 Å². The summed E-state index contributed by atoms with van der Waals surface area (Å²) >= 11 is 0. The van der Waals surface area contributed by atoms with Crippen LogP contribution in [0, 0.1) is 10.1 Å². The quantitative estimate of drug-likeness (QED) is 0.459. The lowest BCUT2D eigenvalue weighted by atomic mass is 10.1. The molecule has 154 valence electrons. The molecule has 0 radical (unpaired) electrons. The summed E-state index contributed by atoms with van der Waals surface area (Å²) in [6.07, 6.45) is 0. The second kappa shape index (κ2) is 8.75. The molecule has 1 N–H and O–H groups in total. The number of benzene rings is 3. The van der Waals surface area contributed by atoms with Crippen LogP contribution in [0.15, 0.2) is 83.8 Å². The highest BCUT2D eigenvalue weighted by Crippen LogP contribution is 2.24. The predicted octanol–water partition coefficient (Wildman–Crippen LogP) is 3.67. The lowest BCUT2D eigenvalue weighted by Gasteiger charge is -2.19. The van der Waals surface area contributed by atoms with Crippen molar-refractivity contribution < 1.29 is 18.1 Å². The van der Waals surface area contributed by atoms with E-state index in [9.17, 15) is 23.3 Å². The van der Waals surface area contributed by atoms with Gasteiger partial charge in [0.15, 0.2) is 0 Å². The average Bonchev–Trinajstić information content (AvgIpc) is 2.74. The molecule has 0 aliphatic carbocycles. The first-order chi connectivity index (χ1) is 14.3. The minimum absolute atomic E-state index is 0.0916. The van der Waals surface area contributed by atoms with E-state index in [0.717, 1.165) is 11.6 Å². The van der Waals surface area contributed by atoms with Crippen LogP contribution in [0.4, 0.5) is 11.4 Å². The molecule has 0 fully saturated rings. The molecule has 0 aliphatic rings. The minimum atomic E-state index is -4.14. The molecule has 0 bridgehead atoms. The number of nitrogens with one attached hydrogen (secondary N) is 1. The predicted molar refractivity (Wildman–Crippen MR) is 113 cm³/mol. The van der Waals surface area contributed by atoms with Crippen molar-refractivity contribution in [3.05, 3.63) is 100 Å². The summed E-state index contributed by atoms with van der Waals surface area (Å²) in [5.74, 6) is -0.365. The number of amides is 1. The minimum Gasteiger partial charge on any atom is -0.337 e. The molecule has 3 aromatic carbocycles. The highest BCUT2D eigenvalue weighted by molar-refractivity contribution is 7.92. The van der Waals surface area contributed by atoms with Gasteiger partial charge in [-0.3, -0.25) is 19.6 Å². The van der Waals surface area contributed by atoms with Crippen molar-refractivity contribution in [1.29, 1.82) is 0 Å². The maximum absolute atomic E-state index is 12.9. The monoisotopic (exact) mass is 425 g/mol. The number of sulfonamides is 1. The van der Waals surface area contributed by atoms with Gasteiger partial charge in [0.1, 0.15) is 0 Å². The van der Waals surface area contributed by atoms with Crippen LogP contribution in [0.5, 0.6) is 0 Å². The first-order valence-corrected chi connectivity index (χ1v) is 10.4. The van der Waals surface area contributed by atoms with Gasteiger partial charge in [0, 0.05) is 25.7 Å². The molecule has 3 rings (SSSR count). The number of hydrogen-bond acceptors (Lipinski definition) is 5. The van der Waals surface area contributed by atoms with Crippen molar-refractivity contribution in [1.82, 2.24) is 4.90 Å². The van der Waals surface area contributed by atoms with Gasteiger partial charge in [-0.2, -0.15) is 0 Å². The number of rotatable bonds is 7. The fourth-order valence-electron chi connectivity index (χ4n) is 2.86. The topological polar surface area (TPSA) is 110 Å². The maximum Gasteiger partial charge on any atom is 0.270 e. The van der Waals surface area contributed by atoms with Crippen LogP contribution in [0.3, 0.4) is 0 Å². The third kappa shape index (κ3) is 4.81. The fraction of sp³-hybridized carbons (Fsp3) is 0.0952. The largest absolute Gasteiger partial charge is 0.337 e. The highest BCUT2D eigenvalue weighted by Gasteiger charge is 2.22. The first kappa shape index (κ1) is 21.0. The van der Waals surface area contributed by atoms with E-state index < -0.39 is 14.9 Å². The van der Waals surface area contributed by atoms with Crippen molar-refractivity contribution in [3.63, 3.8) is 0 Å². The van der Waals surface area contributed by atoms with Crippen LogP contribution < -0.4 is 4.72 Å². The van der Waals surface area contributed by atoms with Gasteiger partial charge in [-0.1, -0.05) is 48.5 Å². The third-order valence-corrected chi connectivity index (χ3v) is 5.71. The molecule has 9 heteroatoms. The van der Waals surface area contributed by atoms with Crippen LogP contribution >= 0.6 is 0 Å². The van der Waals surface area contributed by atoms with Crippen LogP contribution in [0.1, 0.15) is 15.9 Å². The van der Waals surface area contributed by atoms with Gasteiger partial charge in [-0.05, 0) is 23.8 Å². The average molecular weight is 425 g/mol. The fourth-order valence-corrected chi connectivity index (χ4v) is 3.98. The highest BCUT2D eigenvalue weighted by atomic mass is 32.2. The number of nitro benzene ring substituents is 1. The van der Waals surface area contributed by atoms with Crippen molar-refractivity contribution in [2.75, 3.05) is 11.8 Å². The van der Waals surface area contributed by atoms with Gasteiger partial charge in [-0.15, -0.1) is 0 Å². The van der Waals surface area contributed by atoms with Crippen molar-refractivity contribution in [2.24, 2.45) is 0 Å². The summed E-state index contributed by atoms with van der Waals surface area (Å²) in [5.41, 5.74) is 0.853. The SMILES string of the molecule is CN(Cc1ccccc1)C(=O)c1ccccc1NS(=O)(=O)c1cccc([N+](=O)[O-])c1. The molecule has 8 nitrogen and oxygen atoms in total. The van der Waals surface area contributed by atoms with Crippen molar-refractivity contribution >= 4 is 27.3 Å². The summed E-state index contributed by atoms with van der Waals surface area (Å²) in [4.78, 5) is 24.4. The van der Waals surface area contributed by atoms with E-state index in [1.54, 1.807) is 19.2 Å². The van der Waals surface area contributed by atoms with Gasteiger partial charge < -0.3 is 4.90 Å². The number of nitro groups is 1. The molecular weight excluding hydrogens is 406 g/mol. The van der Waals surface area contributed by atoms with Gasteiger partial charge in [0.2, 0.25) is 0 Å². The maximum atomic E-state index is 12.9. The molecule has 0 spiro atoms. The summed E-state index contributed by atoms with van der Waals surface area (Å²) < 4.78 is 27.9. The van der Waals surface area contributed by atoms with Crippen LogP contribution in [-0.4, -0.2) is 31.2 Å². The number of para-hydroxylation sites is 1. The Morgan fingerprint density at radius 2 is 1.67 bits per heavy atom. The Hall–Kier alpha value is -3.72. The Morgan fingerprint density at radius 3 is 2.37 bits per heavy atom. The second-order valence-electron chi connectivity index (χ2n) is 6.55. The lowest BCUT2D eigenvalue weighted by Crippen LogP contribution is -2.27. The zero-order valence-corrected chi connectivity index (χ0v) is 16.9. The second-order valence-corrected chi connectivity index (χ2v) is 8.23. The molecule has 3 aromatic rings. The smallest absolute Gasteiger partial charge is 0.270 e. The van der Waals surface area contributed by atoms with Crippen molar-refractivity contribution in [3.8, 4) is 0 Å². The Kier molecular flexibility index (Phi) is 6.12. The molecule has 0 saturated carbocycles. The Labute approximate surface area is 174 Å². The van der Waals surface area contributed by atoms with E-state index in [4.69, 9.17) is 0 Å². The third-order valence-electron chi connectivity index (χ3n) is 4.35. The number of carbonyl (C=O) groups is 1. The molecule has 1 amide bonds. The molecule has 0 saturated heterocycles.